The van der Waals surface area contributed by atoms with Crippen LogP contribution in [0, 0.1) is 11.6 Å². The highest BCUT2D eigenvalue weighted by molar-refractivity contribution is 5.63. The molecule has 0 atom stereocenters. The largest absolute Gasteiger partial charge is 0.340 e. The molecular weight excluding hydrogens is 334 g/mol. The van der Waals surface area contributed by atoms with Gasteiger partial charge in [0.2, 0.25) is 5.95 Å². The first-order chi connectivity index (χ1) is 12.3. The van der Waals surface area contributed by atoms with E-state index in [0.717, 1.165) is 17.3 Å². The first-order valence-electron chi connectivity index (χ1n) is 8.24. The Bertz CT molecular complexity index is 920. The van der Waals surface area contributed by atoms with Gasteiger partial charge in [-0.3, -0.25) is 0 Å². The fourth-order valence-corrected chi connectivity index (χ4v) is 2.58. The van der Waals surface area contributed by atoms with E-state index in [4.69, 9.17) is 0 Å². The number of para-hydroxylation sites is 1. The predicted molar refractivity (Wildman–Crippen MR) is 100 cm³/mol. The van der Waals surface area contributed by atoms with Gasteiger partial charge in [0.25, 0.3) is 0 Å². The second-order valence-electron chi connectivity index (χ2n) is 6.94. The molecule has 3 rings (SSSR count). The van der Waals surface area contributed by atoms with Gasteiger partial charge in [0, 0.05) is 18.0 Å². The van der Waals surface area contributed by atoms with Gasteiger partial charge >= 0.3 is 0 Å². The normalized spacial score (nSPS) is 11.3. The Kier molecular flexibility index (Phi) is 4.84. The second-order valence-corrected chi connectivity index (χ2v) is 6.94. The van der Waals surface area contributed by atoms with Crippen LogP contribution in [0.2, 0.25) is 0 Å². The minimum Gasteiger partial charge on any atom is -0.340 e. The molecule has 0 aliphatic carbocycles. The summed E-state index contributed by atoms with van der Waals surface area (Å²) in [5.41, 5.74) is 2.17. The zero-order chi connectivity index (χ0) is 18.7. The number of hydrogen-bond donors (Lipinski definition) is 2. The van der Waals surface area contributed by atoms with E-state index >= 15 is 0 Å². The van der Waals surface area contributed by atoms with Gasteiger partial charge < -0.3 is 10.6 Å². The SMILES string of the molecule is CC(C)(C)c1ccccc1Nc1ccnc(Nc2ccc(F)cc2F)n1. The van der Waals surface area contributed by atoms with Gasteiger partial charge in [-0.2, -0.15) is 4.98 Å². The van der Waals surface area contributed by atoms with Gasteiger partial charge in [-0.15, -0.1) is 0 Å². The molecule has 0 bridgehead atoms. The van der Waals surface area contributed by atoms with Crippen LogP contribution in [0.15, 0.2) is 54.7 Å². The zero-order valence-corrected chi connectivity index (χ0v) is 14.8. The molecule has 0 radical (unpaired) electrons. The third-order valence-corrected chi connectivity index (χ3v) is 3.83. The van der Waals surface area contributed by atoms with Crippen LogP contribution in [-0.4, -0.2) is 9.97 Å². The summed E-state index contributed by atoms with van der Waals surface area (Å²) in [7, 11) is 0. The number of aromatic nitrogens is 2. The molecule has 0 aliphatic heterocycles. The van der Waals surface area contributed by atoms with Gasteiger partial charge in [-0.25, -0.2) is 13.8 Å². The number of anilines is 4. The number of benzene rings is 2. The van der Waals surface area contributed by atoms with Crippen molar-refractivity contribution in [2.75, 3.05) is 10.6 Å². The van der Waals surface area contributed by atoms with Crippen molar-refractivity contribution in [3.63, 3.8) is 0 Å². The van der Waals surface area contributed by atoms with Gasteiger partial charge in [0.1, 0.15) is 17.5 Å². The molecule has 1 heterocycles. The van der Waals surface area contributed by atoms with Crippen LogP contribution < -0.4 is 10.6 Å². The Balaban J connectivity index is 1.85. The zero-order valence-electron chi connectivity index (χ0n) is 14.8. The van der Waals surface area contributed by atoms with E-state index in [1.54, 1.807) is 12.3 Å². The minimum atomic E-state index is -0.704. The van der Waals surface area contributed by atoms with Crippen LogP contribution in [0.5, 0.6) is 0 Å². The smallest absolute Gasteiger partial charge is 0.229 e. The second kappa shape index (κ2) is 7.07. The molecule has 6 heteroatoms. The maximum Gasteiger partial charge on any atom is 0.229 e. The highest BCUT2D eigenvalue weighted by atomic mass is 19.1. The topological polar surface area (TPSA) is 49.8 Å². The first kappa shape index (κ1) is 17.8. The van der Waals surface area contributed by atoms with Gasteiger partial charge in [-0.05, 0) is 35.2 Å². The minimum absolute atomic E-state index is 0.0328. The average molecular weight is 354 g/mol. The van der Waals surface area contributed by atoms with Gasteiger partial charge in [0.15, 0.2) is 0 Å². The van der Waals surface area contributed by atoms with Crippen molar-refractivity contribution >= 4 is 23.1 Å². The maximum absolute atomic E-state index is 13.8. The third kappa shape index (κ3) is 4.14. The van der Waals surface area contributed by atoms with Crippen molar-refractivity contribution < 1.29 is 8.78 Å². The van der Waals surface area contributed by atoms with Crippen molar-refractivity contribution in [1.82, 2.24) is 9.97 Å². The lowest BCUT2D eigenvalue weighted by atomic mass is 9.86. The van der Waals surface area contributed by atoms with E-state index in [1.807, 2.05) is 18.2 Å². The maximum atomic E-state index is 13.8. The lowest BCUT2D eigenvalue weighted by molar-refractivity contribution is 0.586. The van der Waals surface area contributed by atoms with E-state index < -0.39 is 11.6 Å². The molecule has 0 saturated heterocycles. The Morgan fingerprint density at radius 2 is 1.65 bits per heavy atom. The van der Waals surface area contributed by atoms with Crippen LogP contribution in [0.25, 0.3) is 0 Å². The van der Waals surface area contributed by atoms with Crippen LogP contribution in [0.4, 0.5) is 31.9 Å². The molecule has 2 aromatic carbocycles. The Hall–Kier alpha value is -3.02. The quantitative estimate of drug-likeness (QED) is 0.646. The first-order valence-corrected chi connectivity index (χ1v) is 8.24. The molecule has 4 nitrogen and oxygen atoms in total. The van der Waals surface area contributed by atoms with E-state index in [2.05, 4.69) is 47.4 Å². The highest BCUT2D eigenvalue weighted by Gasteiger charge is 2.17. The van der Waals surface area contributed by atoms with Gasteiger partial charge in [0.05, 0.1) is 5.69 Å². The fourth-order valence-electron chi connectivity index (χ4n) is 2.58. The molecule has 134 valence electrons. The molecule has 0 spiro atoms. The molecule has 0 amide bonds. The summed E-state index contributed by atoms with van der Waals surface area (Å²) in [6.45, 7) is 6.41. The summed E-state index contributed by atoms with van der Waals surface area (Å²) in [6, 6.07) is 13.0. The van der Waals surface area contributed by atoms with E-state index in [0.29, 0.717) is 5.82 Å². The number of rotatable bonds is 4. The highest BCUT2D eigenvalue weighted by Crippen LogP contribution is 2.31. The van der Waals surface area contributed by atoms with Gasteiger partial charge in [-0.1, -0.05) is 39.0 Å². The summed E-state index contributed by atoms with van der Waals surface area (Å²) >= 11 is 0. The molecule has 0 fully saturated rings. The standard InChI is InChI=1S/C20H20F2N4/c1-20(2,3)14-6-4-5-7-16(14)24-18-10-11-23-19(26-18)25-17-9-8-13(21)12-15(17)22/h4-12H,1-3H3,(H2,23,24,25,26). The number of nitrogens with one attached hydrogen (secondary N) is 2. The fraction of sp³-hybridized carbons (Fsp3) is 0.200. The van der Waals surface area contributed by atoms with Crippen molar-refractivity contribution in [3.8, 4) is 0 Å². The van der Waals surface area contributed by atoms with Crippen LogP contribution in [-0.2, 0) is 5.41 Å². The summed E-state index contributed by atoms with van der Waals surface area (Å²) in [6.07, 6.45) is 1.57. The van der Waals surface area contributed by atoms with Crippen molar-refractivity contribution in [2.45, 2.75) is 26.2 Å². The van der Waals surface area contributed by atoms with Crippen molar-refractivity contribution in [2.24, 2.45) is 0 Å². The molecule has 0 aliphatic rings. The van der Waals surface area contributed by atoms with Crippen LogP contribution >= 0.6 is 0 Å². The monoisotopic (exact) mass is 354 g/mol. The average Bonchev–Trinajstić information content (AvgIpc) is 2.57. The van der Waals surface area contributed by atoms with E-state index in [9.17, 15) is 8.78 Å². The predicted octanol–water partition coefficient (Wildman–Crippen LogP) is 5.54. The molecule has 0 saturated carbocycles. The van der Waals surface area contributed by atoms with Crippen LogP contribution in [0.3, 0.4) is 0 Å². The molecule has 2 N–H and O–H groups in total. The summed E-state index contributed by atoms with van der Waals surface area (Å²) in [5, 5.41) is 6.05. The number of hydrogen-bond acceptors (Lipinski definition) is 4. The third-order valence-electron chi connectivity index (χ3n) is 3.83. The summed E-state index contributed by atoms with van der Waals surface area (Å²) in [4.78, 5) is 8.44. The molecule has 26 heavy (non-hydrogen) atoms. The number of halogens is 2. The summed E-state index contributed by atoms with van der Waals surface area (Å²) < 4.78 is 26.8. The molecular formula is C20H20F2N4. The number of nitrogens with zero attached hydrogens (tertiary/aromatic N) is 2. The van der Waals surface area contributed by atoms with Crippen molar-refractivity contribution in [3.05, 3.63) is 71.9 Å². The van der Waals surface area contributed by atoms with E-state index in [1.165, 1.54) is 12.1 Å². The van der Waals surface area contributed by atoms with E-state index in [-0.39, 0.29) is 17.1 Å². The molecule has 1 aromatic heterocycles. The Morgan fingerprint density at radius 3 is 2.38 bits per heavy atom. The Labute approximate surface area is 151 Å². The van der Waals surface area contributed by atoms with Crippen molar-refractivity contribution in [1.29, 1.82) is 0 Å². The molecule has 0 unspecified atom stereocenters. The lowest BCUT2D eigenvalue weighted by Gasteiger charge is -2.23. The van der Waals surface area contributed by atoms with Crippen LogP contribution in [0.1, 0.15) is 26.3 Å². The summed E-state index contributed by atoms with van der Waals surface area (Å²) in [5.74, 6) is -0.552. The Morgan fingerprint density at radius 1 is 0.885 bits per heavy atom. The molecule has 3 aromatic rings. The lowest BCUT2D eigenvalue weighted by Crippen LogP contribution is -2.13.